The Hall–Kier alpha value is -2.48. The summed E-state index contributed by atoms with van der Waals surface area (Å²) in [5.74, 6) is -1.12. The van der Waals surface area contributed by atoms with Gasteiger partial charge in [-0.25, -0.2) is 8.78 Å². The van der Waals surface area contributed by atoms with Crippen LogP contribution in [0.4, 0.5) is 8.78 Å². The smallest absolute Gasteiger partial charge is 0.126 e. The highest BCUT2D eigenvalue weighted by Crippen LogP contribution is 2.26. The van der Waals surface area contributed by atoms with Crippen molar-refractivity contribution >= 4 is 0 Å². The maximum Gasteiger partial charge on any atom is 0.126 e. The maximum atomic E-state index is 13.4. The molecule has 0 atom stereocenters. The lowest BCUT2D eigenvalue weighted by Gasteiger charge is -2.07. The van der Waals surface area contributed by atoms with Crippen molar-refractivity contribution in [1.82, 2.24) is 0 Å². The minimum Gasteiger partial charge on any atom is -0.207 e. The summed E-state index contributed by atoms with van der Waals surface area (Å²) in [7, 11) is 0. The number of rotatable bonds is 6. The molecule has 2 heteroatoms. The lowest BCUT2D eigenvalue weighted by Crippen LogP contribution is -1.87. The molecule has 0 N–H and O–H groups in total. The monoisotopic (exact) mass is 336 g/mol. The fourth-order valence-electron chi connectivity index (χ4n) is 3.02. The van der Waals surface area contributed by atoms with E-state index in [2.05, 4.69) is 31.2 Å². The topological polar surface area (TPSA) is 0 Å². The van der Waals surface area contributed by atoms with Gasteiger partial charge >= 0.3 is 0 Å². The minimum absolute atomic E-state index is 0.551. The van der Waals surface area contributed by atoms with Crippen molar-refractivity contribution < 1.29 is 8.78 Å². The molecule has 25 heavy (non-hydrogen) atoms. The third kappa shape index (κ3) is 4.54. The van der Waals surface area contributed by atoms with Crippen LogP contribution in [0.15, 0.2) is 66.7 Å². The Labute approximate surface area is 148 Å². The van der Waals surface area contributed by atoms with Crippen molar-refractivity contribution in [2.24, 2.45) is 0 Å². The van der Waals surface area contributed by atoms with E-state index in [1.807, 2.05) is 24.3 Å². The Morgan fingerprint density at radius 3 is 1.60 bits per heavy atom. The highest BCUT2D eigenvalue weighted by atomic mass is 19.1. The second kappa shape index (κ2) is 8.06. The van der Waals surface area contributed by atoms with Crippen molar-refractivity contribution in [1.29, 1.82) is 0 Å². The average Bonchev–Trinajstić information content (AvgIpc) is 2.62. The molecule has 128 valence electrons. The molecule has 0 aliphatic rings. The molecule has 0 aliphatic heterocycles. The van der Waals surface area contributed by atoms with Gasteiger partial charge in [-0.2, -0.15) is 0 Å². The summed E-state index contributed by atoms with van der Waals surface area (Å²) in [4.78, 5) is 0. The number of benzene rings is 3. The van der Waals surface area contributed by atoms with Gasteiger partial charge in [0.25, 0.3) is 0 Å². The summed E-state index contributed by atoms with van der Waals surface area (Å²) < 4.78 is 26.7. The molecule has 0 aliphatic carbocycles. The van der Waals surface area contributed by atoms with Crippen LogP contribution >= 0.6 is 0 Å². The van der Waals surface area contributed by atoms with Crippen LogP contribution in [0, 0.1) is 11.6 Å². The van der Waals surface area contributed by atoms with Crippen LogP contribution in [0.5, 0.6) is 0 Å². The summed E-state index contributed by atoms with van der Waals surface area (Å²) in [6.07, 6.45) is 4.86. The molecule has 3 rings (SSSR count). The zero-order valence-electron chi connectivity index (χ0n) is 14.4. The molecule has 0 unspecified atom stereocenters. The average molecular weight is 336 g/mol. The molecule has 0 amide bonds. The van der Waals surface area contributed by atoms with Crippen LogP contribution < -0.4 is 0 Å². The molecule has 3 aromatic carbocycles. The molecule has 0 aromatic heterocycles. The van der Waals surface area contributed by atoms with Crippen molar-refractivity contribution in [2.75, 3.05) is 0 Å². The summed E-state index contributed by atoms with van der Waals surface area (Å²) >= 11 is 0. The third-order valence-electron chi connectivity index (χ3n) is 4.44. The SMILES string of the molecule is CCCCCc1ccc(-c2ccc(-c3cc(F)cc(F)c3)cc2)cc1. The molecular weight excluding hydrogens is 314 g/mol. The molecule has 3 aromatic rings. The van der Waals surface area contributed by atoms with E-state index in [-0.39, 0.29) is 0 Å². The van der Waals surface area contributed by atoms with Crippen LogP contribution in [0.25, 0.3) is 22.3 Å². The first-order chi connectivity index (χ1) is 12.2. The summed E-state index contributed by atoms with van der Waals surface area (Å²) in [6.45, 7) is 2.21. The molecule has 0 radical (unpaired) electrons. The van der Waals surface area contributed by atoms with E-state index >= 15 is 0 Å². The Morgan fingerprint density at radius 1 is 0.600 bits per heavy atom. The van der Waals surface area contributed by atoms with Gasteiger partial charge in [-0.3, -0.25) is 0 Å². The zero-order chi connectivity index (χ0) is 17.6. The van der Waals surface area contributed by atoms with E-state index in [1.165, 1.54) is 37.0 Å². The van der Waals surface area contributed by atoms with Gasteiger partial charge < -0.3 is 0 Å². The number of hydrogen-bond donors (Lipinski definition) is 0. The van der Waals surface area contributed by atoms with Crippen molar-refractivity contribution in [3.8, 4) is 22.3 Å². The first-order valence-corrected chi connectivity index (χ1v) is 8.81. The molecule has 0 saturated heterocycles. The molecule has 0 nitrogen and oxygen atoms in total. The van der Waals surface area contributed by atoms with Crippen molar-refractivity contribution in [3.05, 3.63) is 83.9 Å². The normalized spacial score (nSPS) is 10.8. The number of aryl methyl sites for hydroxylation is 1. The first kappa shape index (κ1) is 17.3. The van der Waals surface area contributed by atoms with E-state index in [0.29, 0.717) is 5.56 Å². The van der Waals surface area contributed by atoms with E-state index in [0.717, 1.165) is 29.2 Å². The van der Waals surface area contributed by atoms with Crippen LogP contribution in [-0.4, -0.2) is 0 Å². The maximum absolute atomic E-state index is 13.4. The highest BCUT2D eigenvalue weighted by Gasteiger charge is 2.04. The summed E-state index contributed by atoms with van der Waals surface area (Å²) in [5.41, 5.74) is 4.97. The fourth-order valence-corrected chi connectivity index (χ4v) is 3.02. The molecule has 0 spiro atoms. The van der Waals surface area contributed by atoms with Gasteiger partial charge in [-0.05, 0) is 52.8 Å². The van der Waals surface area contributed by atoms with E-state index in [9.17, 15) is 8.78 Å². The summed E-state index contributed by atoms with van der Waals surface area (Å²) in [6, 6.07) is 20.0. The molecular formula is C23H22F2. The number of unbranched alkanes of at least 4 members (excludes halogenated alkanes) is 2. The Morgan fingerprint density at radius 2 is 1.08 bits per heavy atom. The van der Waals surface area contributed by atoms with Crippen LogP contribution in [0.2, 0.25) is 0 Å². The third-order valence-corrected chi connectivity index (χ3v) is 4.44. The van der Waals surface area contributed by atoms with E-state index in [4.69, 9.17) is 0 Å². The summed E-state index contributed by atoms with van der Waals surface area (Å²) in [5, 5.41) is 0. The largest absolute Gasteiger partial charge is 0.207 e. The number of hydrogen-bond acceptors (Lipinski definition) is 0. The lowest BCUT2D eigenvalue weighted by molar-refractivity contribution is 0.584. The van der Waals surface area contributed by atoms with Gasteiger partial charge in [0.05, 0.1) is 0 Å². The second-order valence-corrected chi connectivity index (χ2v) is 6.39. The number of halogens is 2. The quantitative estimate of drug-likeness (QED) is 0.424. The van der Waals surface area contributed by atoms with Crippen molar-refractivity contribution in [3.63, 3.8) is 0 Å². The Balaban J connectivity index is 1.75. The van der Waals surface area contributed by atoms with Gasteiger partial charge in [0, 0.05) is 6.07 Å². The molecule has 0 fully saturated rings. The molecule has 0 heterocycles. The van der Waals surface area contributed by atoms with E-state index < -0.39 is 11.6 Å². The predicted molar refractivity (Wildman–Crippen MR) is 100 cm³/mol. The second-order valence-electron chi connectivity index (χ2n) is 6.39. The molecule has 0 bridgehead atoms. The van der Waals surface area contributed by atoms with Crippen LogP contribution in [-0.2, 0) is 6.42 Å². The zero-order valence-corrected chi connectivity index (χ0v) is 14.4. The van der Waals surface area contributed by atoms with Crippen molar-refractivity contribution in [2.45, 2.75) is 32.6 Å². The fraction of sp³-hybridized carbons (Fsp3) is 0.217. The lowest BCUT2D eigenvalue weighted by atomic mass is 9.98. The molecule has 0 saturated carbocycles. The first-order valence-electron chi connectivity index (χ1n) is 8.81. The van der Waals surface area contributed by atoms with Gasteiger partial charge in [0.15, 0.2) is 0 Å². The Kier molecular flexibility index (Phi) is 5.60. The predicted octanol–water partition coefficient (Wildman–Crippen LogP) is 7.03. The minimum atomic E-state index is -0.558. The van der Waals surface area contributed by atoms with Gasteiger partial charge in [-0.15, -0.1) is 0 Å². The Bertz CT molecular complexity index is 797. The highest BCUT2D eigenvalue weighted by molar-refractivity contribution is 5.70. The van der Waals surface area contributed by atoms with Crippen LogP contribution in [0.3, 0.4) is 0 Å². The van der Waals surface area contributed by atoms with Gasteiger partial charge in [-0.1, -0.05) is 68.3 Å². The van der Waals surface area contributed by atoms with Crippen LogP contribution in [0.1, 0.15) is 31.7 Å². The van der Waals surface area contributed by atoms with Gasteiger partial charge in [0.1, 0.15) is 11.6 Å². The standard InChI is InChI=1S/C23H22F2/c1-2-3-4-5-17-6-8-18(9-7-17)19-10-12-20(13-11-19)21-14-22(24)16-23(25)15-21/h6-16H,2-5H2,1H3. The van der Waals surface area contributed by atoms with Gasteiger partial charge in [0.2, 0.25) is 0 Å². The van der Waals surface area contributed by atoms with E-state index in [1.54, 1.807) is 0 Å².